The van der Waals surface area contributed by atoms with Crippen molar-refractivity contribution in [3.05, 3.63) is 29.5 Å². The van der Waals surface area contributed by atoms with Crippen LogP contribution in [0.4, 0.5) is 0 Å². The highest BCUT2D eigenvalue weighted by atomic mass is 32.2. The minimum atomic E-state index is -3.78. The molecule has 9 heteroatoms. The summed E-state index contributed by atoms with van der Waals surface area (Å²) in [6.45, 7) is 1.41. The summed E-state index contributed by atoms with van der Waals surface area (Å²) in [4.78, 5) is 4.09. The van der Waals surface area contributed by atoms with Gasteiger partial charge in [-0.1, -0.05) is 0 Å². The number of aryl methyl sites for hydroxylation is 2. The van der Waals surface area contributed by atoms with E-state index in [1.165, 1.54) is 7.05 Å². The molecule has 0 aliphatic carbocycles. The van der Waals surface area contributed by atoms with Gasteiger partial charge in [0.2, 0.25) is 0 Å². The fraction of sp³-hybridized carbons (Fsp3) is 0.455. The molecule has 2 aromatic rings. The summed E-state index contributed by atoms with van der Waals surface area (Å²) in [6.07, 6.45) is 3.35. The molecule has 2 heterocycles. The van der Waals surface area contributed by atoms with Gasteiger partial charge >= 0.3 is 0 Å². The zero-order chi connectivity index (χ0) is 14.9. The molecule has 0 unspecified atom stereocenters. The van der Waals surface area contributed by atoms with Gasteiger partial charge in [-0.25, -0.2) is 13.4 Å². The van der Waals surface area contributed by atoms with E-state index >= 15 is 0 Å². The van der Waals surface area contributed by atoms with Crippen molar-refractivity contribution >= 4 is 10.0 Å². The van der Waals surface area contributed by atoms with Crippen molar-refractivity contribution in [1.82, 2.24) is 24.1 Å². The van der Waals surface area contributed by atoms with Gasteiger partial charge < -0.3 is 9.67 Å². The molecular weight excluding hydrogens is 282 g/mol. The number of nitrogens with zero attached hydrogens (tertiary/aromatic N) is 4. The second kappa shape index (κ2) is 5.35. The summed E-state index contributed by atoms with van der Waals surface area (Å²) in [6, 6.07) is 0. The number of aromatic amines is 1. The van der Waals surface area contributed by atoms with Crippen molar-refractivity contribution in [2.75, 3.05) is 7.05 Å². The van der Waals surface area contributed by atoms with Crippen LogP contribution >= 0.6 is 0 Å². The fourth-order valence-corrected chi connectivity index (χ4v) is 3.08. The summed E-state index contributed by atoms with van der Waals surface area (Å²) >= 11 is 0. The lowest BCUT2D eigenvalue weighted by molar-refractivity contribution is 0.277. The lowest BCUT2D eigenvalue weighted by atomic mass is 10.3. The standard InChI is InChI=1S/C11H17N5O3S/c1-8-9(7-17)11(14-13-8)20(18,19)16(3)6-10-12-4-5-15(10)2/h4-5,17H,6-7H2,1-3H3,(H,13,14). The second-order valence-corrected chi connectivity index (χ2v) is 6.47. The molecule has 0 bridgehead atoms. The Balaban J connectivity index is 2.32. The number of hydrogen-bond acceptors (Lipinski definition) is 5. The molecule has 2 N–H and O–H groups in total. The van der Waals surface area contributed by atoms with E-state index in [1.807, 2.05) is 0 Å². The van der Waals surface area contributed by atoms with E-state index in [-0.39, 0.29) is 23.7 Å². The van der Waals surface area contributed by atoms with Crippen molar-refractivity contribution in [3.63, 3.8) is 0 Å². The van der Waals surface area contributed by atoms with Gasteiger partial charge in [0, 0.05) is 37.7 Å². The van der Waals surface area contributed by atoms with Gasteiger partial charge in [0.1, 0.15) is 5.82 Å². The number of imidazole rings is 1. The third-order valence-corrected chi connectivity index (χ3v) is 4.91. The first-order valence-corrected chi connectivity index (χ1v) is 7.39. The first-order valence-electron chi connectivity index (χ1n) is 5.95. The van der Waals surface area contributed by atoms with E-state index in [9.17, 15) is 13.5 Å². The van der Waals surface area contributed by atoms with Crippen molar-refractivity contribution in [2.45, 2.75) is 25.1 Å². The number of nitrogens with one attached hydrogen (secondary N) is 1. The monoisotopic (exact) mass is 299 g/mol. The van der Waals surface area contributed by atoms with Gasteiger partial charge in [-0.3, -0.25) is 5.10 Å². The fourth-order valence-electron chi connectivity index (χ4n) is 1.81. The van der Waals surface area contributed by atoms with Gasteiger partial charge in [-0.15, -0.1) is 0 Å². The Bertz CT molecular complexity index is 703. The van der Waals surface area contributed by atoms with Gasteiger partial charge in [0.25, 0.3) is 10.0 Å². The normalized spacial score (nSPS) is 12.2. The van der Waals surface area contributed by atoms with Gasteiger partial charge in [-0.2, -0.15) is 9.40 Å². The molecule has 0 aromatic carbocycles. The topological polar surface area (TPSA) is 104 Å². The lowest BCUT2D eigenvalue weighted by Crippen LogP contribution is -2.28. The zero-order valence-corrected chi connectivity index (χ0v) is 12.3. The summed E-state index contributed by atoms with van der Waals surface area (Å²) in [5.41, 5.74) is 0.827. The third kappa shape index (κ3) is 2.47. The molecule has 0 saturated heterocycles. The number of hydrogen-bond donors (Lipinski definition) is 2. The molecule has 0 saturated carbocycles. The molecule has 0 amide bonds. The molecule has 0 aliphatic heterocycles. The molecule has 0 spiro atoms. The molecule has 0 atom stereocenters. The van der Waals surface area contributed by atoms with Gasteiger partial charge in [-0.05, 0) is 6.92 Å². The van der Waals surface area contributed by atoms with E-state index in [4.69, 9.17) is 0 Å². The summed E-state index contributed by atoms with van der Waals surface area (Å²) in [5, 5.41) is 15.5. The Hall–Kier alpha value is -1.71. The first-order chi connectivity index (χ1) is 9.37. The van der Waals surface area contributed by atoms with Crippen molar-refractivity contribution in [1.29, 1.82) is 0 Å². The predicted octanol–water partition coefficient (Wildman–Crippen LogP) is -0.235. The lowest BCUT2D eigenvalue weighted by Gasteiger charge is -2.16. The van der Waals surface area contributed by atoms with Crippen LogP contribution in [-0.2, 0) is 30.2 Å². The maximum Gasteiger partial charge on any atom is 0.262 e. The predicted molar refractivity (Wildman–Crippen MR) is 71.1 cm³/mol. The smallest absolute Gasteiger partial charge is 0.262 e. The Kier molecular flexibility index (Phi) is 3.93. The molecule has 2 rings (SSSR count). The number of sulfonamides is 1. The summed E-state index contributed by atoms with van der Waals surface area (Å²) in [7, 11) is -0.530. The van der Waals surface area contributed by atoms with Crippen molar-refractivity contribution in [2.24, 2.45) is 7.05 Å². The van der Waals surface area contributed by atoms with Crippen LogP contribution in [0.3, 0.4) is 0 Å². The van der Waals surface area contributed by atoms with Crippen LogP contribution < -0.4 is 0 Å². The third-order valence-electron chi connectivity index (χ3n) is 3.13. The maximum atomic E-state index is 12.5. The van der Waals surface area contributed by atoms with E-state index in [1.54, 1.807) is 30.9 Å². The molecule has 8 nitrogen and oxygen atoms in total. The van der Waals surface area contributed by atoms with Crippen LogP contribution in [0.25, 0.3) is 0 Å². The average Bonchev–Trinajstić information content (AvgIpc) is 2.96. The Morgan fingerprint density at radius 1 is 1.50 bits per heavy atom. The van der Waals surface area contributed by atoms with Crippen LogP contribution in [0.1, 0.15) is 17.1 Å². The highest BCUT2D eigenvalue weighted by Gasteiger charge is 2.28. The number of H-pyrrole nitrogens is 1. The van der Waals surface area contributed by atoms with E-state index in [0.717, 1.165) is 4.31 Å². The van der Waals surface area contributed by atoms with Gasteiger partial charge in [0.05, 0.1) is 13.2 Å². The highest BCUT2D eigenvalue weighted by Crippen LogP contribution is 2.20. The molecule has 0 radical (unpaired) electrons. The SMILES string of the molecule is Cc1[nH]nc(S(=O)(=O)N(C)Cc2nccn2C)c1CO. The van der Waals surface area contributed by atoms with Gasteiger partial charge in [0.15, 0.2) is 5.03 Å². The first kappa shape index (κ1) is 14.7. The Morgan fingerprint density at radius 2 is 2.20 bits per heavy atom. The average molecular weight is 299 g/mol. The molecule has 20 heavy (non-hydrogen) atoms. The number of aromatic nitrogens is 4. The van der Waals surface area contributed by atoms with Crippen LogP contribution in [0.5, 0.6) is 0 Å². The molecular formula is C11H17N5O3S. The second-order valence-electron chi connectivity index (χ2n) is 4.51. The minimum absolute atomic E-state index is 0.128. The van der Waals surface area contributed by atoms with Crippen molar-refractivity contribution < 1.29 is 13.5 Å². The summed E-state index contributed by atoms with van der Waals surface area (Å²) in [5.74, 6) is 0.619. The number of rotatable bonds is 5. The number of aliphatic hydroxyl groups is 1. The van der Waals surface area contributed by atoms with E-state index in [2.05, 4.69) is 15.2 Å². The van der Waals surface area contributed by atoms with E-state index < -0.39 is 10.0 Å². The largest absolute Gasteiger partial charge is 0.392 e. The zero-order valence-electron chi connectivity index (χ0n) is 11.5. The summed E-state index contributed by atoms with van der Waals surface area (Å²) < 4.78 is 27.8. The minimum Gasteiger partial charge on any atom is -0.392 e. The van der Waals surface area contributed by atoms with Crippen molar-refractivity contribution in [3.8, 4) is 0 Å². The molecule has 2 aromatic heterocycles. The Labute approximate surface area is 117 Å². The number of aliphatic hydroxyl groups excluding tert-OH is 1. The molecule has 110 valence electrons. The van der Waals surface area contributed by atoms with Crippen LogP contribution in [-0.4, -0.2) is 44.6 Å². The van der Waals surface area contributed by atoms with Crippen LogP contribution in [0.15, 0.2) is 17.4 Å². The van der Waals surface area contributed by atoms with Crippen LogP contribution in [0.2, 0.25) is 0 Å². The molecule has 0 aliphatic rings. The highest BCUT2D eigenvalue weighted by molar-refractivity contribution is 7.89. The maximum absolute atomic E-state index is 12.5. The van der Waals surface area contributed by atoms with Crippen LogP contribution in [0, 0.1) is 6.92 Å². The molecule has 0 fully saturated rings. The van der Waals surface area contributed by atoms with E-state index in [0.29, 0.717) is 11.5 Å². The quantitative estimate of drug-likeness (QED) is 0.793. The Morgan fingerprint density at radius 3 is 2.75 bits per heavy atom.